The van der Waals surface area contributed by atoms with Gasteiger partial charge >= 0.3 is 0 Å². The van der Waals surface area contributed by atoms with Gasteiger partial charge in [0.2, 0.25) is 11.8 Å². The Kier molecular flexibility index (Phi) is 5.51. The van der Waals surface area contributed by atoms with E-state index in [2.05, 4.69) is 15.6 Å². The molecule has 2 amide bonds. The van der Waals surface area contributed by atoms with E-state index < -0.39 is 10.2 Å². The van der Waals surface area contributed by atoms with Crippen LogP contribution in [0.15, 0.2) is 53.5 Å². The number of carbonyl (C=O) groups excluding carboxylic acids is 2. The Bertz CT molecular complexity index is 910. The van der Waals surface area contributed by atoms with Crippen molar-refractivity contribution in [3.63, 3.8) is 0 Å². The zero-order valence-corrected chi connectivity index (χ0v) is 15.2. The molecule has 2 aromatic rings. The number of rotatable bonds is 5. The number of aryl methyl sites for hydroxylation is 1. The van der Waals surface area contributed by atoms with Crippen LogP contribution in [-0.4, -0.2) is 27.2 Å². The van der Waals surface area contributed by atoms with E-state index in [1.165, 1.54) is 36.0 Å². The fraction of sp³-hybridized carbons (Fsp3) is 0.167. The summed E-state index contributed by atoms with van der Waals surface area (Å²) in [4.78, 5) is 38.7. The minimum absolute atomic E-state index is 0.0274. The summed E-state index contributed by atoms with van der Waals surface area (Å²) >= 11 is 1.20. The minimum Gasteiger partial charge on any atom is -0.326 e. The van der Waals surface area contributed by atoms with Gasteiger partial charge in [0.05, 0.1) is 10.6 Å². The van der Waals surface area contributed by atoms with E-state index in [4.69, 9.17) is 0 Å². The number of aliphatic imine (C=N–C) groups is 1. The molecule has 0 saturated carbocycles. The predicted octanol–water partition coefficient (Wildman–Crippen LogP) is 3.15. The molecule has 1 unspecified atom stereocenters. The summed E-state index contributed by atoms with van der Waals surface area (Å²) in [6.07, 6.45) is -0.0274. The van der Waals surface area contributed by atoms with Crippen molar-refractivity contribution in [2.75, 3.05) is 5.32 Å². The van der Waals surface area contributed by atoms with Crippen molar-refractivity contribution in [1.82, 2.24) is 5.32 Å². The summed E-state index contributed by atoms with van der Waals surface area (Å²) < 4.78 is 0. The van der Waals surface area contributed by atoms with Gasteiger partial charge in [-0.3, -0.25) is 19.7 Å². The Morgan fingerprint density at radius 1 is 1.22 bits per heavy atom. The first-order valence-corrected chi connectivity index (χ1v) is 8.96. The van der Waals surface area contributed by atoms with E-state index in [9.17, 15) is 19.7 Å². The Balaban J connectivity index is 1.58. The number of thioether (sulfide) groups is 1. The first kappa shape index (κ1) is 18.6. The highest BCUT2D eigenvalue weighted by Crippen LogP contribution is 2.26. The second-order valence-corrected chi connectivity index (χ2v) is 7.10. The quantitative estimate of drug-likeness (QED) is 0.607. The molecule has 2 aromatic carbocycles. The Labute approximate surface area is 159 Å². The number of amides is 2. The summed E-state index contributed by atoms with van der Waals surface area (Å²) in [5.74, 6) is -0.627. The molecule has 1 aliphatic rings. The highest BCUT2D eigenvalue weighted by atomic mass is 32.2. The number of hydrogen-bond acceptors (Lipinski definition) is 6. The van der Waals surface area contributed by atoms with Crippen molar-refractivity contribution in [1.29, 1.82) is 0 Å². The molecule has 8 nitrogen and oxygen atoms in total. The summed E-state index contributed by atoms with van der Waals surface area (Å²) in [5.41, 5.74) is 2.21. The maximum atomic E-state index is 12.2. The first-order valence-electron chi connectivity index (χ1n) is 8.08. The van der Waals surface area contributed by atoms with Crippen LogP contribution >= 0.6 is 11.8 Å². The number of nitrogens with zero attached hydrogens (tertiary/aromatic N) is 2. The molecule has 1 atom stereocenters. The molecule has 27 heavy (non-hydrogen) atoms. The molecule has 138 valence electrons. The van der Waals surface area contributed by atoms with Crippen LogP contribution < -0.4 is 10.6 Å². The van der Waals surface area contributed by atoms with Gasteiger partial charge < -0.3 is 10.6 Å². The number of benzene rings is 2. The first-order chi connectivity index (χ1) is 12.9. The van der Waals surface area contributed by atoms with Crippen molar-refractivity contribution >= 4 is 45.8 Å². The van der Waals surface area contributed by atoms with Crippen molar-refractivity contribution < 1.29 is 14.5 Å². The van der Waals surface area contributed by atoms with Gasteiger partial charge in [0.15, 0.2) is 5.17 Å². The number of amidine groups is 1. The zero-order valence-electron chi connectivity index (χ0n) is 14.3. The third kappa shape index (κ3) is 4.91. The predicted molar refractivity (Wildman–Crippen MR) is 104 cm³/mol. The van der Waals surface area contributed by atoms with Crippen molar-refractivity contribution in [2.45, 2.75) is 18.6 Å². The smallest absolute Gasteiger partial charge is 0.269 e. The number of hydrogen-bond donors (Lipinski definition) is 2. The normalized spacial score (nSPS) is 17.6. The average Bonchev–Trinajstić information content (AvgIpc) is 2.96. The van der Waals surface area contributed by atoms with E-state index in [0.717, 1.165) is 11.3 Å². The Morgan fingerprint density at radius 2 is 1.89 bits per heavy atom. The van der Waals surface area contributed by atoms with E-state index in [1.54, 1.807) is 0 Å². The van der Waals surface area contributed by atoms with Gasteiger partial charge in [-0.05, 0) is 31.2 Å². The van der Waals surface area contributed by atoms with Crippen molar-refractivity contribution in [3.8, 4) is 0 Å². The van der Waals surface area contributed by atoms with Gasteiger partial charge in [-0.15, -0.1) is 0 Å². The number of nitro groups is 1. The van der Waals surface area contributed by atoms with Crippen molar-refractivity contribution in [2.24, 2.45) is 4.99 Å². The van der Waals surface area contributed by atoms with Crippen LogP contribution in [0, 0.1) is 17.0 Å². The lowest BCUT2D eigenvalue weighted by Gasteiger charge is -2.07. The molecule has 0 aliphatic carbocycles. The van der Waals surface area contributed by atoms with E-state index in [-0.39, 0.29) is 23.9 Å². The molecule has 1 heterocycles. The third-order valence-corrected chi connectivity index (χ3v) is 4.86. The zero-order chi connectivity index (χ0) is 19.4. The standard InChI is InChI=1S/C18H16N4O4S/c1-11-2-4-13(5-3-11)20-18-21-17(24)15(27-18)10-16(23)19-12-6-8-14(9-7-12)22(25)26/h2-9,15H,10H2,1H3,(H,19,23)(H,20,21,24). The van der Waals surface area contributed by atoms with Crippen LogP contribution in [0.3, 0.4) is 0 Å². The second-order valence-electron chi connectivity index (χ2n) is 5.90. The molecule has 1 fully saturated rings. The third-order valence-electron chi connectivity index (χ3n) is 3.77. The second kappa shape index (κ2) is 8.00. The SMILES string of the molecule is Cc1ccc(N=C2NC(=O)C(CC(=O)Nc3ccc([N+](=O)[O-])cc3)S2)cc1. The van der Waals surface area contributed by atoms with Gasteiger partial charge in [-0.1, -0.05) is 29.5 Å². The maximum absolute atomic E-state index is 12.2. The summed E-state index contributed by atoms with van der Waals surface area (Å²) in [7, 11) is 0. The van der Waals surface area contributed by atoms with Gasteiger partial charge in [-0.2, -0.15) is 0 Å². The summed E-state index contributed by atoms with van der Waals surface area (Å²) in [6, 6.07) is 13.1. The van der Waals surface area contributed by atoms with Gasteiger partial charge in [0, 0.05) is 24.2 Å². The molecule has 0 aromatic heterocycles. The molecule has 0 radical (unpaired) electrons. The van der Waals surface area contributed by atoms with Gasteiger partial charge in [0.1, 0.15) is 5.25 Å². The summed E-state index contributed by atoms with van der Waals surface area (Å²) in [6.45, 7) is 1.97. The number of anilines is 1. The highest BCUT2D eigenvalue weighted by molar-refractivity contribution is 8.15. The van der Waals surface area contributed by atoms with Crippen LogP contribution in [0.1, 0.15) is 12.0 Å². The van der Waals surface area contributed by atoms with Crippen LogP contribution in [0.5, 0.6) is 0 Å². The topological polar surface area (TPSA) is 114 Å². The molecule has 0 spiro atoms. The number of non-ortho nitro benzene ring substituents is 1. The van der Waals surface area contributed by atoms with Gasteiger partial charge in [-0.25, -0.2) is 4.99 Å². The Morgan fingerprint density at radius 3 is 2.52 bits per heavy atom. The number of nitro benzene ring substituents is 1. The van der Waals surface area contributed by atoms with E-state index in [0.29, 0.717) is 10.9 Å². The molecular formula is C18H16N4O4S. The fourth-order valence-corrected chi connectivity index (χ4v) is 3.36. The molecule has 0 bridgehead atoms. The van der Waals surface area contributed by atoms with E-state index in [1.807, 2.05) is 31.2 Å². The maximum Gasteiger partial charge on any atom is 0.269 e. The average molecular weight is 384 g/mol. The molecule has 1 saturated heterocycles. The molecule has 3 rings (SSSR count). The lowest BCUT2D eigenvalue weighted by Crippen LogP contribution is -2.28. The lowest BCUT2D eigenvalue weighted by molar-refractivity contribution is -0.384. The molecule has 1 aliphatic heterocycles. The van der Waals surface area contributed by atoms with Crippen LogP contribution in [0.2, 0.25) is 0 Å². The molecular weight excluding hydrogens is 368 g/mol. The van der Waals surface area contributed by atoms with Crippen LogP contribution in [0.4, 0.5) is 17.1 Å². The minimum atomic E-state index is -0.577. The summed E-state index contributed by atoms with van der Waals surface area (Å²) in [5, 5.41) is 15.8. The highest BCUT2D eigenvalue weighted by Gasteiger charge is 2.32. The van der Waals surface area contributed by atoms with Gasteiger partial charge in [0.25, 0.3) is 5.69 Å². The van der Waals surface area contributed by atoms with E-state index >= 15 is 0 Å². The van der Waals surface area contributed by atoms with Crippen LogP contribution in [-0.2, 0) is 9.59 Å². The fourth-order valence-electron chi connectivity index (χ4n) is 2.38. The van der Waals surface area contributed by atoms with Crippen molar-refractivity contribution in [3.05, 3.63) is 64.2 Å². The largest absolute Gasteiger partial charge is 0.326 e. The molecule has 2 N–H and O–H groups in total. The lowest BCUT2D eigenvalue weighted by atomic mass is 10.2. The van der Waals surface area contributed by atoms with Crippen LogP contribution in [0.25, 0.3) is 0 Å². The monoisotopic (exact) mass is 384 g/mol. The Hall–Kier alpha value is -3.20. The molecule has 9 heteroatoms. The number of carbonyl (C=O) groups is 2. The number of nitrogens with one attached hydrogen (secondary N) is 2.